The summed E-state index contributed by atoms with van der Waals surface area (Å²) in [5.41, 5.74) is 8.06. The normalized spacial score (nSPS) is 11.7. The minimum atomic E-state index is 0.653. The van der Waals surface area contributed by atoms with Crippen molar-refractivity contribution in [3.05, 3.63) is 35.4 Å². The van der Waals surface area contributed by atoms with Crippen molar-refractivity contribution in [2.75, 3.05) is 6.54 Å². The molecule has 2 N–H and O–H groups in total. The fraction of sp³-hybridized carbons (Fsp3) is 0.364. The molecule has 0 aliphatic carbocycles. The highest BCUT2D eigenvalue weighted by Crippen LogP contribution is 2.06. The van der Waals surface area contributed by atoms with E-state index in [1.165, 1.54) is 5.56 Å². The van der Waals surface area contributed by atoms with Crippen LogP contribution in [-0.2, 0) is 0 Å². The summed E-state index contributed by atoms with van der Waals surface area (Å²) >= 11 is 0. The smallest absolute Gasteiger partial charge is 0.125 e. The van der Waals surface area contributed by atoms with Crippen LogP contribution in [-0.4, -0.2) is 12.4 Å². The third kappa shape index (κ3) is 2.58. The molecule has 0 atom stereocenters. The Morgan fingerprint density at radius 1 is 1.38 bits per heavy atom. The first-order valence-corrected chi connectivity index (χ1v) is 4.61. The van der Waals surface area contributed by atoms with E-state index in [0.717, 1.165) is 18.5 Å². The van der Waals surface area contributed by atoms with E-state index in [-0.39, 0.29) is 0 Å². The number of hydrogen-bond donors (Lipinski definition) is 1. The van der Waals surface area contributed by atoms with Gasteiger partial charge >= 0.3 is 0 Å². The quantitative estimate of drug-likeness (QED) is 0.556. The van der Waals surface area contributed by atoms with Crippen LogP contribution in [0.1, 0.15) is 24.5 Å². The second-order valence-electron chi connectivity index (χ2n) is 3.08. The van der Waals surface area contributed by atoms with Crippen LogP contribution >= 0.6 is 0 Å². The highest BCUT2D eigenvalue weighted by atomic mass is 14.8. The number of aryl methyl sites for hydroxylation is 1. The number of amidine groups is 1. The number of hydrogen-bond acceptors (Lipinski definition) is 1. The lowest BCUT2D eigenvalue weighted by molar-refractivity contribution is 0.930. The zero-order chi connectivity index (χ0) is 9.68. The van der Waals surface area contributed by atoms with Gasteiger partial charge in [-0.2, -0.15) is 0 Å². The van der Waals surface area contributed by atoms with Gasteiger partial charge in [0, 0.05) is 12.1 Å². The number of nitrogens with two attached hydrogens (primary N) is 1. The van der Waals surface area contributed by atoms with Gasteiger partial charge in [-0.3, -0.25) is 4.99 Å². The number of aliphatic imine (C=N–C) groups is 1. The fourth-order valence-electron chi connectivity index (χ4n) is 1.18. The van der Waals surface area contributed by atoms with Crippen molar-refractivity contribution in [2.24, 2.45) is 10.7 Å². The van der Waals surface area contributed by atoms with Gasteiger partial charge < -0.3 is 5.73 Å². The predicted octanol–water partition coefficient (Wildman–Crippen LogP) is 2.11. The van der Waals surface area contributed by atoms with Gasteiger partial charge in [-0.25, -0.2) is 0 Å². The average molecular weight is 176 g/mol. The number of benzene rings is 1. The monoisotopic (exact) mass is 176 g/mol. The first kappa shape index (κ1) is 9.78. The summed E-state index contributed by atoms with van der Waals surface area (Å²) in [5.74, 6) is 0.653. The van der Waals surface area contributed by atoms with Crippen LogP contribution in [0.5, 0.6) is 0 Å². The predicted molar refractivity (Wildman–Crippen MR) is 57.1 cm³/mol. The zero-order valence-corrected chi connectivity index (χ0v) is 8.25. The zero-order valence-electron chi connectivity index (χ0n) is 8.25. The van der Waals surface area contributed by atoms with E-state index in [1.807, 2.05) is 31.2 Å². The largest absolute Gasteiger partial charge is 0.383 e. The Balaban J connectivity index is 2.88. The lowest BCUT2D eigenvalue weighted by atomic mass is 10.1. The molecule has 0 amide bonds. The Labute approximate surface area is 79.5 Å². The van der Waals surface area contributed by atoms with Gasteiger partial charge in [0.15, 0.2) is 0 Å². The molecule has 0 heterocycles. The van der Waals surface area contributed by atoms with Gasteiger partial charge in [0.1, 0.15) is 5.84 Å². The van der Waals surface area contributed by atoms with E-state index in [9.17, 15) is 0 Å². The van der Waals surface area contributed by atoms with E-state index < -0.39 is 0 Å². The highest BCUT2D eigenvalue weighted by molar-refractivity contribution is 5.98. The summed E-state index contributed by atoms with van der Waals surface area (Å²) in [6.45, 7) is 4.94. The van der Waals surface area contributed by atoms with Crippen LogP contribution in [0.3, 0.4) is 0 Å². The molecule has 0 aliphatic heterocycles. The second kappa shape index (κ2) is 4.65. The number of rotatable bonds is 3. The third-order valence-corrected chi connectivity index (χ3v) is 1.93. The van der Waals surface area contributed by atoms with Crippen LogP contribution in [0.25, 0.3) is 0 Å². The molecular formula is C11H16N2. The van der Waals surface area contributed by atoms with Gasteiger partial charge in [0.05, 0.1) is 0 Å². The molecule has 1 rings (SSSR count). The first-order chi connectivity index (χ1) is 6.25. The number of nitrogens with zero attached hydrogens (tertiary/aromatic N) is 1. The van der Waals surface area contributed by atoms with Crippen LogP contribution in [0, 0.1) is 6.92 Å². The highest BCUT2D eigenvalue weighted by Gasteiger charge is 1.99. The van der Waals surface area contributed by atoms with E-state index in [2.05, 4.69) is 11.9 Å². The van der Waals surface area contributed by atoms with E-state index >= 15 is 0 Å². The molecule has 0 unspecified atom stereocenters. The van der Waals surface area contributed by atoms with Gasteiger partial charge in [0.25, 0.3) is 0 Å². The maximum Gasteiger partial charge on any atom is 0.125 e. The molecule has 1 aromatic rings. The molecule has 2 nitrogen and oxygen atoms in total. The minimum Gasteiger partial charge on any atom is -0.383 e. The van der Waals surface area contributed by atoms with Crippen LogP contribution in [0.15, 0.2) is 29.3 Å². The average Bonchev–Trinajstić information content (AvgIpc) is 2.15. The van der Waals surface area contributed by atoms with Crippen molar-refractivity contribution in [1.82, 2.24) is 0 Å². The summed E-state index contributed by atoms with van der Waals surface area (Å²) in [5, 5.41) is 0. The Bertz CT molecular complexity index is 303. The second-order valence-corrected chi connectivity index (χ2v) is 3.08. The lowest BCUT2D eigenvalue weighted by Gasteiger charge is -2.03. The molecule has 1 aromatic carbocycles. The molecule has 0 saturated heterocycles. The van der Waals surface area contributed by atoms with Crippen molar-refractivity contribution in [2.45, 2.75) is 20.3 Å². The van der Waals surface area contributed by atoms with Crippen LogP contribution in [0.4, 0.5) is 0 Å². The SMILES string of the molecule is CCCN=C(N)c1ccccc1C. The Morgan fingerprint density at radius 2 is 2.08 bits per heavy atom. The van der Waals surface area contributed by atoms with Gasteiger partial charge in [-0.1, -0.05) is 31.2 Å². The first-order valence-electron chi connectivity index (χ1n) is 4.61. The Hall–Kier alpha value is -1.31. The van der Waals surface area contributed by atoms with E-state index in [1.54, 1.807) is 0 Å². The third-order valence-electron chi connectivity index (χ3n) is 1.93. The molecule has 0 saturated carbocycles. The summed E-state index contributed by atoms with van der Waals surface area (Å²) in [7, 11) is 0. The summed E-state index contributed by atoms with van der Waals surface area (Å²) in [6.07, 6.45) is 1.03. The maximum absolute atomic E-state index is 5.83. The van der Waals surface area contributed by atoms with Crippen LogP contribution in [0.2, 0.25) is 0 Å². The molecule has 2 heteroatoms. The van der Waals surface area contributed by atoms with Gasteiger partial charge in [0.2, 0.25) is 0 Å². The van der Waals surface area contributed by atoms with Crippen molar-refractivity contribution in [1.29, 1.82) is 0 Å². The lowest BCUT2D eigenvalue weighted by Crippen LogP contribution is -2.15. The summed E-state index contributed by atoms with van der Waals surface area (Å²) in [4.78, 5) is 4.27. The maximum atomic E-state index is 5.83. The molecule has 0 aliphatic rings. The molecule has 0 fully saturated rings. The van der Waals surface area contributed by atoms with Crippen molar-refractivity contribution in [3.8, 4) is 0 Å². The molecule has 0 bridgehead atoms. The van der Waals surface area contributed by atoms with E-state index in [0.29, 0.717) is 5.84 Å². The molecule has 0 aromatic heterocycles. The van der Waals surface area contributed by atoms with Crippen LogP contribution < -0.4 is 5.73 Å². The molecule has 13 heavy (non-hydrogen) atoms. The van der Waals surface area contributed by atoms with Gasteiger partial charge in [-0.15, -0.1) is 0 Å². The van der Waals surface area contributed by atoms with E-state index in [4.69, 9.17) is 5.73 Å². The Morgan fingerprint density at radius 3 is 2.69 bits per heavy atom. The van der Waals surface area contributed by atoms with Crippen molar-refractivity contribution >= 4 is 5.84 Å². The minimum absolute atomic E-state index is 0.653. The summed E-state index contributed by atoms with van der Waals surface area (Å²) in [6, 6.07) is 8.04. The fourth-order valence-corrected chi connectivity index (χ4v) is 1.18. The van der Waals surface area contributed by atoms with Crippen molar-refractivity contribution in [3.63, 3.8) is 0 Å². The molecular weight excluding hydrogens is 160 g/mol. The standard InChI is InChI=1S/C11H16N2/c1-3-8-13-11(12)10-7-5-4-6-9(10)2/h4-7H,3,8H2,1-2H3,(H2,12,13). The molecule has 0 radical (unpaired) electrons. The Kier molecular flexibility index (Phi) is 3.50. The van der Waals surface area contributed by atoms with Gasteiger partial charge in [-0.05, 0) is 18.9 Å². The van der Waals surface area contributed by atoms with Crippen molar-refractivity contribution < 1.29 is 0 Å². The molecule has 0 spiro atoms. The summed E-state index contributed by atoms with van der Waals surface area (Å²) < 4.78 is 0. The topological polar surface area (TPSA) is 38.4 Å². The molecule has 70 valence electrons.